The summed E-state index contributed by atoms with van der Waals surface area (Å²) in [4.78, 5) is 37.3. The Bertz CT molecular complexity index is 1610. The van der Waals surface area contributed by atoms with E-state index < -0.39 is 41.6 Å². The largest absolute Gasteiger partial charge is 0.459 e. The van der Waals surface area contributed by atoms with Gasteiger partial charge >= 0.3 is 17.9 Å². The van der Waals surface area contributed by atoms with Crippen molar-refractivity contribution in [2.45, 2.75) is 31.7 Å². The molecule has 3 N–H and O–H groups in total. The third kappa shape index (κ3) is 14.5. The molecule has 0 radical (unpaired) electrons. The van der Waals surface area contributed by atoms with Gasteiger partial charge in [0, 0.05) is 22.1 Å². The number of hydrogen-bond donors (Lipinski definition) is 3. The second kappa shape index (κ2) is 22.5. The van der Waals surface area contributed by atoms with E-state index >= 15 is 0 Å². The van der Waals surface area contributed by atoms with E-state index in [1.54, 1.807) is 54.6 Å². The molecule has 0 bridgehead atoms. The van der Waals surface area contributed by atoms with Gasteiger partial charge in [-0.25, -0.2) is 14.4 Å². The Morgan fingerprint density at radius 1 is 0.556 bits per heavy atom. The number of aliphatic hydroxyl groups excluding tert-OH is 3. The molecule has 0 aliphatic carbocycles. The smallest absolute Gasteiger partial charge is 0.338 e. The molecule has 0 saturated carbocycles. The molecule has 0 saturated heterocycles. The van der Waals surface area contributed by atoms with Crippen molar-refractivity contribution in [1.29, 1.82) is 0 Å². The van der Waals surface area contributed by atoms with E-state index in [0.717, 1.165) is 0 Å². The van der Waals surface area contributed by atoms with Crippen LogP contribution in [0.25, 0.3) is 0 Å². The normalized spacial score (nSPS) is 13.5. The lowest BCUT2D eigenvalue weighted by molar-refractivity contribution is -0.108. The SMILES string of the molecule is C#Cc1cccc(C(=O)OCC(O)COCC(CC)(COCC(O)COC(=O)c2cccc(C#C)c2)COCC(O)COC(=O)c2cccc(C#C)c2)c1. The van der Waals surface area contributed by atoms with Gasteiger partial charge in [0.05, 0.1) is 56.3 Å². The second-order valence-electron chi connectivity index (χ2n) is 12.3. The molecule has 0 heterocycles. The van der Waals surface area contributed by atoms with Crippen molar-refractivity contribution in [2.24, 2.45) is 5.41 Å². The predicted octanol–water partition coefficient (Wildman–Crippen LogP) is 3.03. The highest BCUT2D eigenvalue weighted by Gasteiger charge is 2.31. The van der Waals surface area contributed by atoms with E-state index in [2.05, 4.69) is 17.8 Å². The first-order valence-corrected chi connectivity index (χ1v) is 17.0. The zero-order valence-corrected chi connectivity index (χ0v) is 30.0. The summed E-state index contributed by atoms with van der Waals surface area (Å²) < 4.78 is 33.1. The minimum atomic E-state index is -1.17. The molecule has 3 aromatic carbocycles. The first-order chi connectivity index (χ1) is 26.0. The molecular formula is C42H44O12. The Balaban J connectivity index is 1.53. The maximum Gasteiger partial charge on any atom is 0.338 e. The van der Waals surface area contributed by atoms with Gasteiger partial charge < -0.3 is 43.7 Å². The molecule has 0 aromatic heterocycles. The van der Waals surface area contributed by atoms with Crippen molar-refractivity contribution < 1.29 is 58.1 Å². The van der Waals surface area contributed by atoms with Gasteiger partial charge in [-0.15, -0.1) is 19.3 Å². The molecule has 0 fully saturated rings. The number of ether oxygens (including phenoxy) is 6. The standard InChI is InChI=1S/C42H44O12/c1-5-30-12-9-15-33(18-30)39(46)52-24-36(43)21-49-27-42(8-4,28-50-22-37(44)25-53-40(47)34-16-10-13-31(6-2)19-34)29-51-23-38(45)26-54-41(48)35-17-11-14-32(7-3)20-35/h1-3,9-20,36-38,43-45H,8,21-29H2,4H3. The van der Waals surface area contributed by atoms with Gasteiger partial charge in [0.15, 0.2) is 0 Å². The molecule has 3 aromatic rings. The van der Waals surface area contributed by atoms with Crippen molar-refractivity contribution in [1.82, 2.24) is 0 Å². The molecule has 54 heavy (non-hydrogen) atoms. The highest BCUT2D eigenvalue weighted by atomic mass is 16.6. The van der Waals surface area contributed by atoms with Crippen LogP contribution < -0.4 is 0 Å². The van der Waals surface area contributed by atoms with E-state index in [1.807, 2.05) is 6.92 Å². The Kier molecular flexibility index (Phi) is 17.9. The lowest BCUT2D eigenvalue weighted by atomic mass is 9.88. The van der Waals surface area contributed by atoms with Crippen LogP contribution in [0, 0.1) is 42.4 Å². The summed E-state index contributed by atoms with van der Waals surface area (Å²) in [5.41, 5.74) is 1.38. The Labute approximate surface area is 315 Å². The number of carbonyl (C=O) groups excluding carboxylic acids is 3. The molecule has 0 spiro atoms. The number of benzene rings is 3. The van der Waals surface area contributed by atoms with Crippen LogP contribution in [0.5, 0.6) is 0 Å². The van der Waals surface area contributed by atoms with Gasteiger partial charge in [-0.05, 0) is 61.0 Å². The molecule has 12 nitrogen and oxygen atoms in total. The van der Waals surface area contributed by atoms with Crippen LogP contribution in [0.3, 0.4) is 0 Å². The average Bonchev–Trinajstić information content (AvgIpc) is 3.20. The third-order valence-electron chi connectivity index (χ3n) is 7.92. The summed E-state index contributed by atoms with van der Waals surface area (Å²) in [7, 11) is 0. The van der Waals surface area contributed by atoms with Crippen LogP contribution in [0.15, 0.2) is 72.8 Å². The number of terminal acetylenes is 3. The van der Waals surface area contributed by atoms with Crippen molar-refractivity contribution in [3.05, 3.63) is 106 Å². The van der Waals surface area contributed by atoms with Gasteiger partial charge in [-0.1, -0.05) is 42.9 Å². The summed E-state index contributed by atoms with van der Waals surface area (Å²) in [6, 6.07) is 19.0. The maximum absolute atomic E-state index is 12.4. The van der Waals surface area contributed by atoms with Gasteiger partial charge in [-0.2, -0.15) is 0 Å². The van der Waals surface area contributed by atoms with Gasteiger partial charge in [0.2, 0.25) is 0 Å². The fourth-order valence-corrected chi connectivity index (χ4v) is 4.78. The predicted molar refractivity (Wildman–Crippen MR) is 197 cm³/mol. The lowest BCUT2D eigenvalue weighted by Gasteiger charge is -2.33. The molecule has 3 unspecified atom stereocenters. The highest BCUT2D eigenvalue weighted by Crippen LogP contribution is 2.25. The van der Waals surface area contributed by atoms with Crippen molar-refractivity contribution >= 4 is 17.9 Å². The number of carbonyl (C=O) groups is 3. The number of hydrogen-bond acceptors (Lipinski definition) is 12. The Morgan fingerprint density at radius 3 is 1.11 bits per heavy atom. The zero-order chi connectivity index (χ0) is 39.3. The lowest BCUT2D eigenvalue weighted by Crippen LogP contribution is -2.40. The highest BCUT2D eigenvalue weighted by molar-refractivity contribution is 5.90. The Morgan fingerprint density at radius 2 is 0.852 bits per heavy atom. The van der Waals surface area contributed by atoms with E-state index in [4.69, 9.17) is 47.7 Å². The van der Waals surface area contributed by atoms with E-state index in [-0.39, 0.29) is 76.2 Å². The van der Waals surface area contributed by atoms with Crippen LogP contribution in [0.2, 0.25) is 0 Å². The summed E-state index contributed by atoms with van der Waals surface area (Å²) in [5.74, 6) is 5.34. The van der Waals surface area contributed by atoms with E-state index in [9.17, 15) is 29.7 Å². The number of esters is 3. The second-order valence-corrected chi connectivity index (χ2v) is 12.3. The monoisotopic (exact) mass is 740 g/mol. The number of aliphatic hydroxyl groups is 3. The third-order valence-corrected chi connectivity index (χ3v) is 7.92. The van der Waals surface area contributed by atoms with Gasteiger partial charge in [-0.3, -0.25) is 0 Å². The molecular weight excluding hydrogens is 696 g/mol. The van der Waals surface area contributed by atoms with Crippen molar-refractivity contribution in [2.75, 3.05) is 59.5 Å². The van der Waals surface area contributed by atoms with E-state index in [1.165, 1.54) is 18.2 Å². The molecule has 0 aliphatic heterocycles. The van der Waals surface area contributed by atoms with Gasteiger partial charge in [0.1, 0.15) is 38.1 Å². The van der Waals surface area contributed by atoms with Gasteiger partial charge in [0.25, 0.3) is 0 Å². The molecule has 3 rings (SSSR count). The van der Waals surface area contributed by atoms with Crippen LogP contribution in [-0.4, -0.2) is 111 Å². The van der Waals surface area contributed by atoms with Crippen LogP contribution in [-0.2, 0) is 28.4 Å². The molecule has 0 amide bonds. The summed E-state index contributed by atoms with van der Waals surface area (Å²) >= 11 is 0. The molecule has 12 heteroatoms. The van der Waals surface area contributed by atoms with Crippen LogP contribution in [0.4, 0.5) is 0 Å². The summed E-state index contributed by atoms with van der Waals surface area (Å²) in [5, 5.41) is 31.4. The fraction of sp³-hybridized carbons (Fsp3) is 0.357. The minimum Gasteiger partial charge on any atom is -0.459 e. The quantitative estimate of drug-likeness (QED) is 0.0784. The number of rotatable bonds is 22. The zero-order valence-electron chi connectivity index (χ0n) is 30.0. The summed E-state index contributed by atoms with van der Waals surface area (Å²) in [6.45, 7) is 0.159. The van der Waals surface area contributed by atoms with Crippen LogP contribution >= 0.6 is 0 Å². The maximum atomic E-state index is 12.4. The minimum absolute atomic E-state index is 0.00801. The van der Waals surface area contributed by atoms with Crippen LogP contribution in [0.1, 0.15) is 61.1 Å². The average molecular weight is 741 g/mol. The van der Waals surface area contributed by atoms with Crippen molar-refractivity contribution in [3.63, 3.8) is 0 Å². The first kappa shape index (κ1) is 42.9. The molecule has 284 valence electrons. The molecule has 0 aliphatic rings. The van der Waals surface area contributed by atoms with Crippen molar-refractivity contribution in [3.8, 4) is 37.0 Å². The Hall–Kier alpha value is -5.49. The summed E-state index contributed by atoms with van der Waals surface area (Å²) in [6.07, 6.45) is 13.1. The topological polar surface area (TPSA) is 167 Å². The fourth-order valence-electron chi connectivity index (χ4n) is 4.78. The first-order valence-electron chi connectivity index (χ1n) is 17.0. The van der Waals surface area contributed by atoms with E-state index in [0.29, 0.717) is 23.1 Å². The molecule has 3 atom stereocenters.